The molecular formula is C12H16NO3Pr-. The Bertz CT molecular complexity index is 380. The Kier molecular flexibility index (Phi) is 7.92. The van der Waals surface area contributed by atoms with Crippen LogP contribution in [-0.4, -0.2) is 24.2 Å². The fraction of sp³-hybridized carbons (Fsp3) is 0.417. The van der Waals surface area contributed by atoms with Crippen molar-refractivity contribution in [1.29, 1.82) is 0 Å². The van der Waals surface area contributed by atoms with E-state index in [1.165, 1.54) is 7.11 Å². The van der Waals surface area contributed by atoms with E-state index in [9.17, 15) is 4.79 Å². The molecule has 0 unspecified atom stereocenters. The molecule has 0 atom stereocenters. The molecule has 1 aromatic carbocycles. The van der Waals surface area contributed by atoms with E-state index in [0.717, 1.165) is 0 Å². The molecule has 0 aliphatic heterocycles. The van der Waals surface area contributed by atoms with Crippen LogP contribution in [0.3, 0.4) is 0 Å². The Morgan fingerprint density at radius 3 is 2.59 bits per heavy atom. The molecule has 17 heavy (non-hydrogen) atoms. The first kappa shape index (κ1) is 16.8. The number of carbonyl (C=O) groups is 1. The monoisotopic (exact) mass is 363 g/mol. The van der Waals surface area contributed by atoms with E-state index in [2.05, 4.69) is 5.32 Å². The molecule has 0 saturated carbocycles. The van der Waals surface area contributed by atoms with Gasteiger partial charge < -0.3 is 20.0 Å². The second-order valence-corrected chi connectivity index (χ2v) is 3.71. The van der Waals surface area contributed by atoms with E-state index in [0.29, 0.717) is 16.9 Å². The van der Waals surface area contributed by atoms with Crippen molar-refractivity contribution >= 4 is 5.91 Å². The first-order chi connectivity index (χ1) is 7.58. The Hall–Kier alpha value is -0.186. The Balaban J connectivity index is 0.00000256. The first-order valence-electron chi connectivity index (χ1n) is 5.11. The zero-order valence-electron chi connectivity index (χ0n) is 10.3. The van der Waals surface area contributed by atoms with Crippen LogP contribution in [0.15, 0.2) is 18.2 Å². The van der Waals surface area contributed by atoms with E-state index in [1.807, 2.05) is 13.8 Å². The van der Waals surface area contributed by atoms with Crippen LogP contribution in [0, 0.1) is 41.3 Å². The molecule has 0 saturated heterocycles. The molecule has 0 fully saturated rings. The van der Waals surface area contributed by atoms with E-state index in [-0.39, 0.29) is 59.8 Å². The van der Waals surface area contributed by atoms with Gasteiger partial charge >= 0.3 is 0 Å². The molecular weight excluding hydrogens is 347 g/mol. The maximum atomic E-state index is 11.6. The van der Waals surface area contributed by atoms with Gasteiger partial charge in [0.2, 0.25) is 0 Å². The predicted octanol–water partition coefficient (Wildman–Crippen LogP) is 2.11. The third kappa shape index (κ3) is 4.90. The molecule has 1 N–H and O–H groups in total. The second-order valence-electron chi connectivity index (χ2n) is 3.71. The Morgan fingerprint density at radius 1 is 1.47 bits per heavy atom. The summed E-state index contributed by atoms with van der Waals surface area (Å²) in [6.45, 7) is 3.58. The molecule has 0 heterocycles. The number of aliphatic hydroxyl groups excluding tert-OH is 1. The number of hydrogen-bond acceptors (Lipinski definition) is 3. The minimum Gasteiger partial charge on any atom is -0.647 e. The van der Waals surface area contributed by atoms with Crippen LogP contribution in [0.5, 0.6) is 5.75 Å². The van der Waals surface area contributed by atoms with Crippen LogP contribution in [0.2, 0.25) is 0 Å². The fourth-order valence-electron chi connectivity index (χ4n) is 1.32. The van der Waals surface area contributed by atoms with E-state index < -0.39 is 0 Å². The molecule has 0 spiro atoms. The van der Waals surface area contributed by atoms with Crippen LogP contribution < -0.4 is 4.74 Å². The van der Waals surface area contributed by atoms with Gasteiger partial charge in [0.05, 0.1) is 19.6 Å². The Morgan fingerprint density at radius 2 is 2.12 bits per heavy atom. The number of ether oxygens (including phenoxy) is 1. The number of hydrogen-bond donors (Lipinski definition) is 1. The normalized spacial score (nSPS) is 9.71. The molecule has 1 amide bonds. The average Bonchev–Trinajstić information content (AvgIpc) is 2.27. The van der Waals surface area contributed by atoms with E-state index in [4.69, 9.17) is 9.84 Å². The summed E-state index contributed by atoms with van der Waals surface area (Å²) in [5.41, 5.74) is 1.13. The number of methoxy groups -OCH3 is 1. The maximum Gasteiger partial charge on any atom is 0.125 e. The van der Waals surface area contributed by atoms with E-state index in [1.54, 1.807) is 18.2 Å². The zero-order valence-corrected chi connectivity index (χ0v) is 14.0. The van der Waals surface area contributed by atoms with Crippen molar-refractivity contribution in [3.63, 3.8) is 0 Å². The third-order valence-electron chi connectivity index (χ3n) is 2.08. The quantitative estimate of drug-likeness (QED) is 0.892. The Labute approximate surface area is 135 Å². The van der Waals surface area contributed by atoms with E-state index >= 15 is 0 Å². The van der Waals surface area contributed by atoms with Crippen molar-refractivity contribution in [2.45, 2.75) is 26.5 Å². The summed E-state index contributed by atoms with van der Waals surface area (Å²) in [7, 11) is 1.50. The summed E-state index contributed by atoms with van der Waals surface area (Å²) in [5, 5.41) is 13.0. The molecule has 1 radical (unpaired) electrons. The molecule has 1 aromatic rings. The standard InChI is InChI=1S/C12H17NO3.Pr/c1-8(2)13-12(15)9-4-5-10(7-14)11(6-9)16-3;/h4-6,8,14H,7H2,1-3H3,(H,13,15);/p-1. The van der Waals surface area contributed by atoms with Crippen LogP contribution >= 0.6 is 0 Å². The summed E-state index contributed by atoms with van der Waals surface area (Å²) in [4.78, 5) is 11.6. The number of carbonyl (C=O) groups excluding carboxylic acids is 1. The van der Waals surface area contributed by atoms with Gasteiger partial charge in [0.15, 0.2) is 0 Å². The fourth-order valence-corrected chi connectivity index (χ4v) is 1.32. The number of amides is 1. The summed E-state index contributed by atoms with van der Waals surface area (Å²) in [5.74, 6) is 0.241. The van der Waals surface area contributed by atoms with Crippen LogP contribution in [-0.2, 0) is 6.61 Å². The molecule has 0 aliphatic rings. The minimum absolute atomic E-state index is 0. The smallest absolute Gasteiger partial charge is 0.125 e. The van der Waals surface area contributed by atoms with Crippen molar-refractivity contribution < 1.29 is 55.9 Å². The van der Waals surface area contributed by atoms with Crippen molar-refractivity contribution in [3.8, 4) is 5.75 Å². The SMILES string of the molecule is COc1cc(C(=O)[N-]C(C)C)ccc1CO.[Pr]. The molecule has 4 nitrogen and oxygen atoms in total. The van der Waals surface area contributed by atoms with Gasteiger partial charge in [0.25, 0.3) is 0 Å². The van der Waals surface area contributed by atoms with Crippen LogP contribution in [0.1, 0.15) is 29.8 Å². The van der Waals surface area contributed by atoms with Gasteiger partial charge in [-0.25, -0.2) is 0 Å². The van der Waals surface area contributed by atoms with Crippen molar-refractivity contribution in [2.75, 3.05) is 7.11 Å². The molecule has 5 heteroatoms. The van der Waals surface area contributed by atoms with Crippen LogP contribution in [0.4, 0.5) is 0 Å². The second kappa shape index (κ2) is 8.01. The number of benzene rings is 1. The zero-order chi connectivity index (χ0) is 12.1. The average molecular weight is 363 g/mol. The summed E-state index contributed by atoms with van der Waals surface area (Å²) in [6.07, 6.45) is 0. The first-order valence-corrected chi connectivity index (χ1v) is 5.11. The predicted molar refractivity (Wildman–Crippen MR) is 61.7 cm³/mol. The number of nitrogens with zero attached hydrogens (tertiary/aromatic N) is 1. The van der Waals surface area contributed by atoms with Crippen LogP contribution in [0.25, 0.3) is 5.32 Å². The van der Waals surface area contributed by atoms with Crippen molar-refractivity contribution in [2.24, 2.45) is 0 Å². The summed E-state index contributed by atoms with van der Waals surface area (Å²) < 4.78 is 5.08. The van der Waals surface area contributed by atoms with Gasteiger partial charge in [-0.3, -0.25) is 0 Å². The van der Waals surface area contributed by atoms with Gasteiger partial charge in [-0.2, -0.15) is 0 Å². The van der Waals surface area contributed by atoms with Gasteiger partial charge in [0.1, 0.15) is 5.75 Å². The molecule has 0 bridgehead atoms. The molecule has 0 aliphatic carbocycles. The summed E-state index contributed by atoms with van der Waals surface area (Å²) in [6, 6.07) is 4.88. The topological polar surface area (TPSA) is 60.6 Å². The van der Waals surface area contributed by atoms with Gasteiger partial charge in [-0.15, -0.1) is 6.04 Å². The largest absolute Gasteiger partial charge is 0.647 e. The van der Waals surface area contributed by atoms with Crippen molar-refractivity contribution in [3.05, 3.63) is 34.6 Å². The maximum absolute atomic E-state index is 11.6. The van der Waals surface area contributed by atoms with Gasteiger partial charge in [-0.05, 0) is 6.07 Å². The molecule has 91 valence electrons. The molecule has 1 rings (SSSR count). The molecule has 0 aromatic heterocycles. The third-order valence-corrected chi connectivity index (χ3v) is 2.08. The summed E-state index contributed by atoms with van der Waals surface area (Å²) >= 11 is 0. The number of aliphatic hydroxyl groups is 1. The minimum atomic E-state index is -0.266. The van der Waals surface area contributed by atoms with Gasteiger partial charge in [-0.1, -0.05) is 26.0 Å². The van der Waals surface area contributed by atoms with Gasteiger partial charge in [0, 0.05) is 52.4 Å². The number of rotatable bonds is 4. The van der Waals surface area contributed by atoms with Crippen molar-refractivity contribution in [1.82, 2.24) is 0 Å².